The maximum atomic E-state index is 9.76. The zero-order valence-corrected chi connectivity index (χ0v) is 8.94. The Labute approximate surface area is 154 Å². The van der Waals surface area contributed by atoms with Crippen LogP contribution in [0.15, 0.2) is 36.9 Å². The first-order chi connectivity index (χ1) is 8.58. The van der Waals surface area contributed by atoms with E-state index in [2.05, 4.69) is 19.7 Å². The Hall–Kier alpha value is -0.374. The largest absolute Gasteiger partial charge is 0.858 e. The van der Waals surface area contributed by atoms with E-state index >= 15 is 0 Å². The van der Waals surface area contributed by atoms with E-state index in [1.807, 2.05) is 0 Å². The summed E-state index contributed by atoms with van der Waals surface area (Å²) in [5.41, 5.74) is 0. The minimum absolute atomic E-state index is 0. The summed E-state index contributed by atoms with van der Waals surface area (Å²) in [6, 6.07) is 3.14. The maximum Gasteiger partial charge on any atom is 0.175 e. The number of nitrogens with zero attached hydrogens (tertiary/aromatic N) is 4. The Bertz CT molecular complexity index is 383. The normalized spacial score (nSPS) is 8.63. The first kappa shape index (κ1) is 18.6. The van der Waals surface area contributed by atoms with Gasteiger partial charge in [0.2, 0.25) is 0 Å². The molecule has 0 saturated heterocycles. The van der Waals surface area contributed by atoms with Gasteiger partial charge in [0.15, 0.2) is 7.32 Å². The summed E-state index contributed by atoms with van der Waals surface area (Å²) in [6.45, 7) is 0. The van der Waals surface area contributed by atoms with Gasteiger partial charge in [-0.05, 0) is 12.1 Å². The standard InChI is InChI=1S/C3H5BN2O3.C3H3BN2O3.K.H/c2*7-4(8)9-6-3-1-2-5-6;;/h1-3,7-8H;1-3H;;/q;-2;;/p+2. The van der Waals surface area contributed by atoms with Crippen LogP contribution in [0.3, 0.4) is 0 Å². The van der Waals surface area contributed by atoms with Crippen molar-refractivity contribution in [2.75, 3.05) is 0 Å². The molecule has 0 aliphatic rings. The average molecular weight is 296 g/mol. The molecule has 2 N–H and O–H groups in total. The minimum atomic E-state index is -2.31. The molecule has 0 saturated carbocycles. The fourth-order valence-corrected chi connectivity index (χ4v) is 0.819. The van der Waals surface area contributed by atoms with E-state index in [0.29, 0.717) is 0 Å². The Balaban J connectivity index is -0.000000270. The van der Waals surface area contributed by atoms with E-state index in [-0.39, 0.29) is 54.2 Å². The molecule has 0 fully saturated rings. The van der Waals surface area contributed by atoms with E-state index in [1.165, 1.54) is 24.8 Å². The Morgan fingerprint density at radius 1 is 1.00 bits per heavy atom. The van der Waals surface area contributed by atoms with Crippen molar-refractivity contribution in [3.63, 3.8) is 0 Å². The van der Waals surface area contributed by atoms with Crippen molar-refractivity contribution in [3.8, 4) is 0 Å². The maximum absolute atomic E-state index is 9.76. The summed E-state index contributed by atoms with van der Waals surface area (Å²) >= 11 is 0. The molecule has 13 heteroatoms. The monoisotopic (exact) mass is 296 g/mol. The molecule has 0 aliphatic heterocycles. The molecule has 19 heavy (non-hydrogen) atoms. The van der Waals surface area contributed by atoms with E-state index in [1.54, 1.807) is 12.1 Å². The molecule has 0 radical (unpaired) electrons. The predicted octanol–water partition coefficient (Wildman–Crippen LogP) is -5.13. The third-order valence-corrected chi connectivity index (χ3v) is 1.36. The second-order valence-corrected chi connectivity index (χ2v) is 2.64. The van der Waals surface area contributed by atoms with Gasteiger partial charge in [0.05, 0.1) is 24.8 Å². The van der Waals surface area contributed by atoms with Gasteiger partial charge in [0.25, 0.3) is 0 Å². The third-order valence-electron chi connectivity index (χ3n) is 1.36. The van der Waals surface area contributed by atoms with Crippen LogP contribution in [0.25, 0.3) is 0 Å². The number of rotatable bonds is 4. The number of hydrogen-bond acceptors (Lipinski definition) is 8. The fourth-order valence-electron chi connectivity index (χ4n) is 0.819. The topological polar surface area (TPSA) is 141 Å². The summed E-state index contributed by atoms with van der Waals surface area (Å²) in [7, 11) is -4.13. The van der Waals surface area contributed by atoms with Gasteiger partial charge in [0, 0.05) is 0 Å². The van der Waals surface area contributed by atoms with Crippen LogP contribution >= 0.6 is 0 Å². The van der Waals surface area contributed by atoms with Crippen molar-refractivity contribution in [2.45, 2.75) is 0 Å². The van der Waals surface area contributed by atoms with E-state index in [9.17, 15) is 10.0 Å². The molecule has 10 nitrogen and oxygen atoms in total. The van der Waals surface area contributed by atoms with Crippen LogP contribution < -0.4 is 19.6 Å². The van der Waals surface area contributed by atoms with Crippen molar-refractivity contribution in [2.24, 2.45) is 0 Å². The summed E-state index contributed by atoms with van der Waals surface area (Å²) in [4.78, 5) is 1.77. The van der Waals surface area contributed by atoms with Gasteiger partial charge >= 0.3 is 61.6 Å². The third kappa shape index (κ3) is 9.20. The van der Waals surface area contributed by atoms with Gasteiger partial charge in [-0.1, -0.05) is 0 Å². The molecule has 2 aromatic rings. The molecule has 0 aromatic carbocycles. The van der Waals surface area contributed by atoms with Crippen molar-refractivity contribution >= 4 is 66.0 Å². The Morgan fingerprint density at radius 2 is 1.47 bits per heavy atom. The zero-order valence-electron chi connectivity index (χ0n) is 10.9. The average Bonchev–Trinajstić information content (AvgIpc) is 2.90. The molecule has 0 amide bonds. The molecule has 0 unspecified atom stereocenters. The van der Waals surface area contributed by atoms with Crippen molar-refractivity contribution in [3.05, 3.63) is 36.9 Å². The molecule has 2 heterocycles. The zero-order chi connectivity index (χ0) is 13.4. The quantitative estimate of drug-likeness (QED) is 0.534. The van der Waals surface area contributed by atoms with Crippen molar-refractivity contribution in [1.29, 1.82) is 0 Å². The van der Waals surface area contributed by atoms with Gasteiger partial charge < -0.3 is 29.6 Å². The summed E-state index contributed by atoms with van der Waals surface area (Å²) in [6.07, 6.45) is 5.67. The van der Waals surface area contributed by atoms with Crippen molar-refractivity contribution in [1.82, 2.24) is 19.9 Å². The van der Waals surface area contributed by atoms with Crippen LogP contribution in [0.2, 0.25) is 0 Å². The summed E-state index contributed by atoms with van der Waals surface area (Å²) < 4.78 is 8.32. The van der Waals surface area contributed by atoms with Crippen LogP contribution in [-0.2, 0) is 0 Å². The molecule has 0 atom stereocenters. The van der Waals surface area contributed by atoms with Gasteiger partial charge in [-0.15, -0.1) is 19.9 Å². The van der Waals surface area contributed by atoms with Crippen molar-refractivity contribution < 1.29 is 32.5 Å². The summed E-state index contributed by atoms with van der Waals surface area (Å²) in [5.74, 6) is 0. The van der Waals surface area contributed by atoms with Crippen LogP contribution in [0.4, 0.5) is 0 Å². The minimum Gasteiger partial charge on any atom is -0.858 e. The number of aromatic nitrogens is 4. The molecule has 0 spiro atoms. The second kappa shape index (κ2) is 10.4. The molecule has 0 bridgehead atoms. The molecule has 98 valence electrons. The predicted molar refractivity (Wildman–Crippen MR) is 62.9 cm³/mol. The van der Waals surface area contributed by atoms with E-state index in [4.69, 9.17) is 10.0 Å². The molecule has 2 aromatic heterocycles. The fraction of sp³-hybridized carbons (Fsp3) is 0. The second-order valence-electron chi connectivity index (χ2n) is 2.64. The van der Waals surface area contributed by atoms with E-state index < -0.39 is 14.6 Å². The van der Waals surface area contributed by atoms with Crippen LogP contribution in [0.5, 0.6) is 0 Å². The first-order valence-corrected chi connectivity index (χ1v) is 4.59. The molecule has 2 rings (SSSR count). The number of hydrogen-bond donors (Lipinski definition) is 2. The Morgan fingerprint density at radius 3 is 1.79 bits per heavy atom. The van der Waals surface area contributed by atoms with Crippen LogP contribution in [0.1, 0.15) is 2.85 Å². The molecule has 0 aliphatic carbocycles. The van der Waals surface area contributed by atoms with Gasteiger partial charge in [-0.25, -0.2) is 0 Å². The van der Waals surface area contributed by atoms with Gasteiger partial charge in [-0.2, -0.15) is 0 Å². The Kier molecular flexibility index (Phi) is 10.2. The first-order valence-electron chi connectivity index (χ1n) is 4.59. The van der Waals surface area contributed by atoms with Gasteiger partial charge in [-0.3, -0.25) is 0 Å². The van der Waals surface area contributed by atoms with E-state index in [0.717, 1.165) is 9.69 Å². The molecular weight excluding hydrogens is 285 g/mol. The summed E-state index contributed by atoms with van der Waals surface area (Å²) in [5, 5.41) is 42.9. The van der Waals surface area contributed by atoms with Crippen LogP contribution in [0, 0.1) is 0 Å². The smallest absolute Gasteiger partial charge is 0.175 e. The van der Waals surface area contributed by atoms with Gasteiger partial charge in [0.1, 0.15) is 0 Å². The van der Waals surface area contributed by atoms with Crippen LogP contribution in [-0.4, -0.2) is 96.0 Å². The SMILES string of the molecule is OB(O)On1cccn1.[H+].[H+].[KH].[O-]B([O-])On1cccn1. The molecular formula is C6H11B2KN4O6.